The van der Waals surface area contributed by atoms with Crippen LogP contribution in [-0.4, -0.2) is 29.7 Å². The zero-order chi connectivity index (χ0) is 19.1. The molecule has 0 aliphatic heterocycles. The van der Waals surface area contributed by atoms with Crippen molar-refractivity contribution in [1.29, 1.82) is 0 Å². The van der Waals surface area contributed by atoms with E-state index in [2.05, 4.69) is 44.8 Å². The minimum absolute atomic E-state index is 0. The van der Waals surface area contributed by atoms with Gasteiger partial charge < -0.3 is 15.2 Å². The fourth-order valence-electron chi connectivity index (χ4n) is 2.60. The Morgan fingerprint density at radius 3 is 2.71 bits per heavy atom. The Balaban J connectivity index is 0.00000280. The van der Waals surface area contributed by atoms with Crippen molar-refractivity contribution in [3.05, 3.63) is 70.6 Å². The van der Waals surface area contributed by atoms with E-state index in [4.69, 9.17) is 16.1 Å². The zero-order valence-corrected chi connectivity index (χ0v) is 18.9. The quantitative estimate of drug-likeness (QED) is 0.294. The fraction of sp³-hybridized carbons (Fsp3) is 0.250. The molecule has 8 heteroatoms. The van der Waals surface area contributed by atoms with Crippen LogP contribution in [-0.2, 0) is 13.0 Å². The van der Waals surface area contributed by atoms with Crippen LogP contribution in [0.2, 0.25) is 5.02 Å². The maximum atomic E-state index is 6.00. The Kier molecular flexibility index (Phi) is 8.72. The molecular weight excluding hydrogens is 489 g/mol. The molecule has 0 radical (unpaired) electrons. The third-order valence-corrected chi connectivity index (χ3v) is 4.35. The van der Waals surface area contributed by atoms with Gasteiger partial charge in [0.1, 0.15) is 0 Å². The van der Waals surface area contributed by atoms with Crippen LogP contribution in [0.25, 0.3) is 11.4 Å². The van der Waals surface area contributed by atoms with Crippen molar-refractivity contribution < 1.29 is 4.52 Å². The number of guanidine groups is 1. The van der Waals surface area contributed by atoms with Crippen molar-refractivity contribution in [3.8, 4) is 11.4 Å². The van der Waals surface area contributed by atoms with Crippen LogP contribution in [0.4, 0.5) is 0 Å². The second kappa shape index (κ2) is 11.0. The van der Waals surface area contributed by atoms with Gasteiger partial charge in [0.05, 0.1) is 0 Å². The van der Waals surface area contributed by atoms with Crippen molar-refractivity contribution >= 4 is 41.5 Å². The average molecular weight is 512 g/mol. The van der Waals surface area contributed by atoms with Gasteiger partial charge in [0, 0.05) is 37.1 Å². The van der Waals surface area contributed by atoms with Gasteiger partial charge >= 0.3 is 0 Å². The molecule has 0 saturated carbocycles. The van der Waals surface area contributed by atoms with E-state index in [0.717, 1.165) is 11.5 Å². The number of nitrogens with zero attached hydrogens (tertiary/aromatic N) is 3. The van der Waals surface area contributed by atoms with Gasteiger partial charge in [-0.2, -0.15) is 4.98 Å². The second-order valence-electron chi connectivity index (χ2n) is 6.05. The molecule has 0 aliphatic rings. The lowest BCUT2D eigenvalue weighted by Gasteiger charge is -2.12. The largest absolute Gasteiger partial charge is 0.356 e. The van der Waals surface area contributed by atoms with E-state index in [-0.39, 0.29) is 24.0 Å². The van der Waals surface area contributed by atoms with Crippen molar-refractivity contribution in [3.63, 3.8) is 0 Å². The molecule has 0 amide bonds. The molecule has 3 aromatic rings. The maximum absolute atomic E-state index is 6.00. The molecule has 0 aliphatic carbocycles. The van der Waals surface area contributed by atoms with E-state index in [1.807, 2.05) is 36.4 Å². The zero-order valence-electron chi connectivity index (χ0n) is 15.8. The van der Waals surface area contributed by atoms with Gasteiger partial charge in [0.15, 0.2) is 5.96 Å². The normalized spacial score (nSPS) is 11.0. The van der Waals surface area contributed by atoms with Gasteiger partial charge in [0.2, 0.25) is 11.7 Å². The van der Waals surface area contributed by atoms with Crippen molar-refractivity contribution in [2.45, 2.75) is 19.9 Å². The van der Waals surface area contributed by atoms with Crippen LogP contribution < -0.4 is 10.6 Å². The molecule has 148 valence electrons. The molecule has 3 rings (SSSR count). The predicted molar refractivity (Wildman–Crippen MR) is 123 cm³/mol. The molecule has 1 heterocycles. The summed E-state index contributed by atoms with van der Waals surface area (Å²) in [6.07, 6.45) is 0.596. The van der Waals surface area contributed by atoms with Crippen molar-refractivity contribution in [2.75, 3.05) is 13.6 Å². The molecule has 0 atom stereocenters. The fourth-order valence-corrected chi connectivity index (χ4v) is 2.79. The van der Waals surface area contributed by atoms with Gasteiger partial charge in [-0.15, -0.1) is 24.0 Å². The molecule has 2 N–H and O–H groups in total. The van der Waals surface area contributed by atoms with Crippen LogP contribution in [0, 0.1) is 6.92 Å². The number of aromatic nitrogens is 2. The molecule has 0 fully saturated rings. The smallest absolute Gasteiger partial charge is 0.228 e. The number of nitrogens with one attached hydrogen (secondary N) is 2. The molecular formula is C20H23ClIN5O. The number of aryl methyl sites for hydroxylation is 1. The third-order valence-electron chi connectivity index (χ3n) is 4.11. The first-order valence-electron chi connectivity index (χ1n) is 8.73. The van der Waals surface area contributed by atoms with E-state index in [9.17, 15) is 0 Å². The summed E-state index contributed by atoms with van der Waals surface area (Å²) in [5.74, 6) is 1.83. The predicted octanol–water partition coefficient (Wildman–Crippen LogP) is 4.22. The lowest BCUT2D eigenvalue weighted by molar-refractivity contribution is 0.378. The third kappa shape index (κ3) is 6.20. The van der Waals surface area contributed by atoms with Gasteiger partial charge in [-0.25, -0.2) is 0 Å². The topological polar surface area (TPSA) is 75.3 Å². The number of hydrogen-bond donors (Lipinski definition) is 2. The summed E-state index contributed by atoms with van der Waals surface area (Å²) in [5, 5.41) is 11.2. The average Bonchev–Trinajstić information content (AvgIpc) is 3.14. The lowest BCUT2D eigenvalue weighted by Crippen LogP contribution is -2.38. The molecule has 0 saturated heterocycles. The highest BCUT2D eigenvalue weighted by atomic mass is 127. The Bertz CT molecular complexity index is 928. The van der Waals surface area contributed by atoms with Gasteiger partial charge in [-0.05, 0) is 30.2 Å². The van der Waals surface area contributed by atoms with Crippen LogP contribution in [0.15, 0.2) is 58.0 Å². The van der Waals surface area contributed by atoms with E-state index in [0.29, 0.717) is 36.2 Å². The Hall–Kier alpha value is -2.13. The molecule has 0 bridgehead atoms. The highest BCUT2D eigenvalue weighted by molar-refractivity contribution is 14.0. The minimum Gasteiger partial charge on any atom is -0.356 e. The molecule has 6 nitrogen and oxygen atoms in total. The molecule has 0 spiro atoms. The summed E-state index contributed by atoms with van der Waals surface area (Å²) in [6, 6.07) is 15.7. The van der Waals surface area contributed by atoms with Gasteiger partial charge in [-0.1, -0.05) is 53.2 Å². The summed E-state index contributed by atoms with van der Waals surface area (Å²) < 4.78 is 5.31. The number of aliphatic imine (C=N–C) groups is 1. The standard InChI is InChI=1S/C20H22ClN5O.HI/c1-14-6-3-4-7-16(14)13-24-20(22-2)23-11-10-18-25-19(26-27-18)15-8-5-9-17(21)12-15;/h3-9,12H,10-11,13H2,1-2H3,(H2,22,23,24);1H. The lowest BCUT2D eigenvalue weighted by atomic mass is 10.1. The van der Waals surface area contributed by atoms with Gasteiger partial charge in [0.25, 0.3) is 0 Å². The Labute approximate surface area is 186 Å². The highest BCUT2D eigenvalue weighted by Crippen LogP contribution is 2.19. The van der Waals surface area contributed by atoms with E-state index < -0.39 is 0 Å². The van der Waals surface area contributed by atoms with Crippen molar-refractivity contribution in [1.82, 2.24) is 20.8 Å². The summed E-state index contributed by atoms with van der Waals surface area (Å²) in [6.45, 7) is 3.44. The number of halogens is 2. The van der Waals surface area contributed by atoms with Gasteiger partial charge in [-0.3, -0.25) is 4.99 Å². The van der Waals surface area contributed by atoms with E-state index >= 15 is 0 Å². The first kappa shape index (κ1) is 22.2. The Morgan fingerprint density at radius 1 is 1.14 bits per heavy atom. The first-order valence-corrected chi connectivity index (χ1v) is 9.11. The SMILES string of the molecule is CN=C(NCCc1nc(-c2cccc(Cl)c2)no1)NCc1ccccc1C.I. The van der Waals surface area contributed by atoms with Crippen LogP contribution >= 0.6 is 35.6 Å². The number of rotatable bonds is 6. The Morgan fingerprint density at radius 2 is 1.96 bits per heavy atom. The monoisotopic (exact) mass is 511 g/mol. The van der Waals surface area contributed by atoms with Crippen molar-refractivity contribution in [2.24, 2.45) is 4.99 Å². The molecule has 1 aromatic heterocycles. The first-order chi connectivity index (χ1) is 13.2. The van der Waals surface area contributed by atoms with Crippen LogP contribution in [0.1, 0.15) is 17.0 Å². The second-order valence-corrected chi connectivity index (χ2v) is 6.49. The van der Waals surface area contributed by atoms with Crippen LogP contribution in [0.5, 0.6) is 0 Å². The number of benzene rings is 2. The van der Waals surface area contributed by atoms with Crippen LogP contribution in [0.3, 0.4) is 0 Å². The minimum atomic E-state index is 0. The highest BCUT2D eigenvalue weighted by Gasteiger charge is 2.09. The number of hydrogen-bond acceptors (Lipinski definition) is 4. The summed E-state index contributed by atoms with van der Waals surface area (Å²) in [5.41, 5.74) is 3.32. The molecule has 0 unspecified atom stereocenters. The van der Waals surface area contributed by atoms with E-state index in [1.165, 1.54) is 11.1 Å². The summed E-state index contributed by atoms with van der Waals surface area (Å²) >= 11 is 6.00. The molecule has 2 aromatic carbocycles. The van der Waals surface area contributed by atoms with E-state index in [1.54, 1.807) is 7.05 Å². The summed E-state index contributed by atoms with van der Waals surface area (Å²) in [7, 11) is 1.75. The maximum Gasteiger partial charge on any atom is 0.228 e. The summed E-state index contributed by atoms with van der Waals surface area (Å²) in [4.78, 5) is 8.65. The molecule has 28 heavy (non-hydrogen) atoms.